The Bertz CT molecular complexity index is 1050. The van der Waals surface area contributed by atoms with Crippen LogP contribution in [0.1, 0.15) is 22.4 Å². The van der Waals surface area contributed by atoms with Gasteiger partial charge in [-0.2, -0.15) is 5.10 Å². The summed E-state index contributed by atoms with van der Waals surface area (Å²) in [6.45, 7) is 1.64. The Hall–Kier alpha value is -2.70. The number of halogens is 2. The number of para-hydroxylation sites is 1. The molecule has 5 nitrogen and oxygen atoms in total. The van der Waals surface area contributed by atoms with Crippen molar-refractivity contribution in [2.75, 3.05) is 0 Å². The Morgan fingerprint density at radius 3 is 2.78 bits per heavy atom. The van der Waals surface area contributed by atoms with Crippen LogP contribution in [-0.2, 0) is 23.1 Å². The number of rotatable bonds is 3. The van der Waals surface area contributed by atoms with E-state index in [9.17, 15) is 14.4 Å². The van der Waals surface area contributed by atoms with E-state index < -0.39 is 11.3 Å². The van der Waals surface area contributed by atoms with Gasteiger partial charge in [-0.15, -0.1) is 0 Å². The highest BCUT2D eigenvalue weighted by atomic mass is 35.5. The number of nitrogens with one attached hydrogen (secondary N) is 1. The summed E-state index contributed by atoms with van der Waals surface area (Å²) < 4.78 is 15.9. The first-order valence-electron chi connectivity index (χ1n) is 8.49. The molecule has 138 valence electrons. The number of hydrogen-bond donors (Lipinski definition) is 2. The number of nitrogens with zero attached hydrogens (tertiary/aromatic N) is 2. The second-order valence-corrected chi connectivity index (χ2v) is 7.18. The van der Waals surface area contributed by atoms with Gasteiger partial charge < -0.3 is 0 Å². The molecule has 0 radical (unpaired) electrons. The van der Waals surface area contributed by atoms with E-state index in [1.54, 1.807) is 41.5 Å². The van der Waals surface area contributed by atoms with Gasteiger partial charge in [0.05, 0.1) is 22.3 Å². The van der Waals surface area contributed by atoms with E-state index in [1.807, 2.05) is 18.2 Å². The molecular formula is C20H17ClFN3O2. The Morgan fingerprint density at radius 2 is 2.04 bits per heavy atom. The van der Waals surface area contributed by atoms with Crippen LogP contribution in [-0.4, -0.2) is 20.9 Å². The fourth-order valence-corrected chi connectivity index (χ4v) is 4.17. The fraction of sp³-hybridized carbons (Fsp3) is 0.200. The first-order chi connectivity index (χ1) is 13.0. The normalized spacial score (nSPS) is 18.4. The summed E-state index contributed by atoms with van der Waals surface area (Å²) in [6.07, 6.45) is 2.27. The summed E-state index contributed by atoms with van der Waals surface area (Å²) in [6, 6.07) is 12.0. The molecule has 7 heteroatoms. The number of fused-ring (bicyclic) bond motifs is 1. The molecule has 27 heavy (non-hydrogen) atoms. The summed E-state index contributed by atoms with van der Waals surface area (Å²) in [5.41, 5.74) is 3.98. The smallest absolute Gasteiger partial charge is 0.254 e. The van der Waals surface area contributed by atoms with E-state index in [0.717, 1.165) is 11.3 Å². The highest BCUT2D eigenvalue weighted by Gasteiger charge is 2.48. The van der Waals surface area contributed by atoms with Gasteiger partial charge >= 0.3 is 0 Å². The van der Waals surface area contributed by atoms with Crippen molar-refractivity contribution in [2.24, 2.45) is 0 Å². The van der Waals surface area contributed by atoms with Crippen molar-refractivity contribution in [3.63, 3.8) is 0 Å². The first kappa shape index (κ1) is 17.7. The maximum Gasteiger partial charge on any atom is 0.254 e. The number of hydroxylamine groups is 1. The van der Waals surface area contributed by atoms with E-state index in [2.05, 4.69) is 5.10 Å². The predicted octanol–water partition coefficient (Wildman–Crippen LogP) is 3.52. The highest BCUT2D eigenvalue weighted by Crippen LogP contribution is 2.42. The van der Waals surface area contributed by atoms with Gasteiger partial charge in [0.15, 0.2) is 0 Å². The van der Waals surface area contributed by atoms with Gasteiger partial charge in [-0.1, -0.05) is 35.9 Å². The van der Waals surface area contributed by atoms with Crippen molar-refractivity contribution in [3.05, 3.63) is 81.9 Å². The standard InChI is InChI=1S/C20H17ClFN3O2/c1-12-14(5-4-7-16(12)22)20(19(26)24-27)9-13-11-23-25(18(13)10-20)17-8-3-2-6-15(17)21/h2-8,11,27H,9-10H2,1H3,(H,24,26). The molecule has 1 unspecified atom stereocenters. The molecule has 1 heterocycles. The molecule has 1 atom stereocenters. The maximum atomic E-state index is 14.2. The van der Waals surface area contributed by atoms with Crippen molar-refractivity contribution >= 4 is 17.5 Å². The number of benzene rings is 2. The lowest BCUT2D eigenvalue weighted by Gasteiger charge is -2.29. The van der Waals surface area contributed by atoms with Gasteiger partial charge in [0.1, 0.15) is 5.82 Å². The Morgan fingerprint density at radius 1 is 1.26 bits per heavy atom. The van der Waals surface area contributed by atoms with Gasteiger partial charge in [0.2, 0.25) is 0 Å². The third kappa shape index (κ3) is 2.64. The largest absolute Gasteiger partial charge is 0.289 e. The first-order valence-corrected chi connectivity index (χ1v) is 8.86. The lowest BCUT2D eigenvalue weighted by molar-refractivity contribution is -0.135. The summed E-state index contributed by atoms with van der Waals surface area (Å²) >= 11 is 6.31. The average molecular weight is 386 g/mol. The molecule has 2 aromatic carbocycles. The van der Waals surface area contributed by atoms with Crippen molar-refractivity contribution in [1.82, 2.24) is 15.3 Å². The molecule has 2 N–H and O–H groups in total. The maximum absolute atomic E-state index is 14.2. The zero-order chi connectivity index (χ0) is 19.2. The molecule has 3 aromatic rings. The van der Waals surface area contributed by atoms with E-state index in [4.69, 9.17) is 11.6 Å². The van der Waals surface area contributed by atoms with Gasteiger partial charge in [-0.25, -0.2) is 14.6 Å². The van der Waals surface area contributed by atoms with E-state index in [1.165, 1.54) is 6.07 Å². The molecule has 0 saturated heterocycles. The average Bonchev–Trinajstić information content (AvgIpc) is 3.22. The molecule has 1 amide bonds. The highest BCUT2D eigenvalue weighted by molar-refractivity contribution is 6.32. The van der Waals surface area contributed by atoms with Crippen molar-refractivity contribution in [1.29, 1.82) is 0 Å². The minimum atomic E-state index is -1.11. The molecule has 4 rings (SSSR count). The number of amides is 1. The number of aromatic nitrogens is 2. The van der Waals surface area contributed by atoms with E-state index >= 15 is 0 Å². The van der Waals surface area contributed by atoms with Gasteiger partial charge in [-0.05, 0) is 48.2 Å². The topological polar surface area (TPSA) is 67.2 Å². The van der Waals surface area contributed by atoms with Crippen LogP contribution in [0.5, 0.6) is 0 Å². The summed E-state index contributed by atoms with van der Waals surface area (Å²) in [7, 11) is 0. The molecule has 1 aliphatic rings. The lowest BCUT2D eigenvalue weighted by atomic mass is 9.75. The lowest BCUT2D eigenvalue weighted by Crippen LogP contribution is -2.45. The van der Waals surface area contributed by atoms with Gasteiger partial charge in [0, 0.05) is 12.1 Å². The van der Waals surface area contributed by atoms with Gasteiger partial charge in [-0.3, -0.25) is 10.0 Å². The molecule has 0 fully saturated rings. The van der Waals surface area contributed by atoms with Crippen molar-refractivity contribution in [2.45, 2.75) is 25.2 Å². The van der Waals surface area contributed by atoms with Crippen LogP contribution < -0.4 is 5.48 Å². The molecule has 0 spiro atoms. The van der Waals surface area contributed by atoms with Crippen LogP contribution in [0.4, 0.5) is 4.39 Å². The third-order valence-corrected chi connectivity index (χ3v) is 5.64. The monoisotopic (exact) mass is 385 g/mol. The van der Waals surface area contributed by atoms with Crippen LogP contribution in [0.3, 0.4) is 0 Å². The second-order valence-electron chi connectivity index (χ2n) is 6.77. The fourth-order valence-electron chi connectivity index (χ4n) is 3.95. The molecular weight excluding hydrogens is 369 g/mol. The zero-order valence-electron chi connectivity index (χ0n) is 14.5. The molecule has 1 aromatic heterocycles. The summed E-state index contributed by atoms with van der Waals surface area (Å²) in [4.78, 5) is 12.7. The SMILES string of the molecule is Cc1c(F)cccc1C1(C(=O)NO)Cc2cnn(-c3ccccc3Cl)c2C1. The van der Waals surface area contributed by atoms with E-state index in [-0.39, 0.29) is 12.2 Å². The van der Waals surface area contributed by atoms with Crippen LogP contribution >= 0.6 is 11.6 Å². The van der Waals surface area contributed by atoms with Crippen LogP contribution in [0.25, 0.3) is 5.69 Å². The summed E-state index contributed by atoms with van der Waals surface area (Å²) in [5, 5.41) is 14.3. The number of carbonyl (C=O) groups excluding carboxylic acids is 1. The predicted molar refractivity (Wildman–Crippen MR) is 98.7 cm³/mol. The molecule has 1 aliphatic carbocycles. The van der Waals surface area contributed by atoms with Crippen molar-refractivity contribution < 1.29 is 14.4 Å². The second kappa shape index (κ2) is 6.48. The minimum Gasteiger partial charge on any atom is -0.289 e. The number of hydrogen-bond acceptors (Lipinski definition) is 3. The minimum absolute atomic E-state index is 0.268. The number of carbonyl (C=O) groups is 1. The summed E-state index contributed by atoms with van der Waals surface area (Å²) in [5.74, 6) is -0.959. The Kier molecular flexibility index (Phi) is 4.25. The quantitative estimate of drug-likeness (QED) is 0.535. The third-order valence-electron chi connectivity index (χ3n) is 5.32. The van der Waals surface area contributed by atoms with Gasteiger partial charge in [0.25, 0.3) is 5.91 Å². The van der Waals surface area contributed by atoms with Crippen LogP contribution in [0.2, 0.25) is 5.02 Å². The molecule has 0 saturated carbocycles. The Balaban J connectivity index is 1.86. The zero-order valence-corrected chi connectivity index (χ0v) is 15.3. The van der Waals surface area contributed by atoms with Crippen molar-refractivity contribution in [3.8, 4) is 5.69 Å². The Labute approximate surface area is 160 Å². The van der Waals surface area contributed by atoms with Crippen LogP contribution in [0.15, 0.2) is 48.7 Å². The van der Waals surface area contributed by atoms with Crippen LogP contribution in [0, 0.1) is 12.7 Å². The molecule has 0 bridgehead atoms. The molecule has 0 aliphatic heterocycles. The van der Waals surface area contributed by atoms with E-state index in [0.29, 0.717) is 28.3 Å².